The molecule has 140 valence electrons. The molecule has 8 heteroatoms. The van der Waals surface area contributed by atoms with Gasteiger partial charge in [0.15, 0.2) is 0 Å². The van der Waals surface area contributed by atoms with Gasteiger partial charge in [-0.2, -0.15) is 0 Å². The van der Waals surface area contributed by atoms with Crippen molar-refractivity contribution in [3.8, 4) is 0 Å². The third-order valence-electron chi connectivity index (χ3n) is 4.01. The molecule has 0 amide bonds. The Balaban J connectivity index is 2.15. The minimum Gasteiger partial charge on any atom is -0.219 e. The maximum atomic E-state index is 13.1. The van der Waals surface area contributed by atoms with Crippen molar-refractivity contribution in [2.24, 2.45) is 0 Å². The molecule has 0 saturated carbocycles. The molecule has 3 aromatic rings. The van der Waals surface area contributed by atoms with Gasteiger partial charge >= 0.3 is 0 Å². The monoisotopic (exact) mass is 408 g/mol. The highest BCUT2D eigenvalue weighted by atomic mass is 32.2. The van der Waals surface area contributed by atoms with E-state index in [1.807, 2.05) is 0 Å². The van der Waals surface area contributed by atoms with Crippen LogP contribution in [-0.2, 0) is 19.7 Å². The topological polar surface area (TPSA) is 68.3 Å². The van der Waals surface area contributed by atoms with Crippen LogP contribution in [0.5, 0.6) is 0 Å². The molecule has 0 saturated heterocycles. The van der Waals surface area contributed by atoms with Gasteiger partial charge in [-0.25, -0.2) is 25.6 Å². The lowest BCUT2D eigenvalue weighted by Gasteiger charge is -2.11. The fourth-order valence-corrected chi connectivity index (χ4v) is 5.41. The van der Waals surface area contributed by atoms with Crippen molar-refractivity contribution in [3.63, 3.8) is 0 Å². The second kappa shape index (κ2) is 6.86. The van der Waals surface area contributed by atoms with Crippen LogP contribution in [0.15, 0.2) is 86.3 Å². The second-order valence-corrected chi connectivity index (χ2v) is 9.71. The number of sulfone groups is 2. The van der Waals surface area contributed by atoms with Crippen molar-refractivity contribution < 1.29 is 25.6 Å². The molecular weight excluding hydrogens is 394 g/mol. The van der Waals surface area contributed by atoms with Gasteiger partial charge in [0.25, 0.3) is 0 Å². The Morgan fingerprint density at radius 1 is 0.593 bits per heavy atom. The first-order valence-electron chi connectivity index (χ1n) is 7.74. The third kappa shape index (κ3) is 3.63. The molecule has 3 rings (SSSR count). The third-order valence-corrected chi connectivity index (χ3v) is 7.69. The zero-order chi connectivity index (χ0) is 19.8. The predicted molar refractivity (Wildman–Crippen MR) is 94.9 cm³/mol. The van der Waals surface area contributed by atoms with E-state index in [0.29, 0.717) is 5.56 Å². The summed E-state index contributed by atoms with van der Waals surface area (Å²) in [6.07, 6.45) is 0. The van der Waals surface area contributed by atoms with E-state index in [9.17, 15) is 25.6 Å². The highest BCUT2D eigenvalue weighted by molar-refractivity contribution is 7.92. The van der Waals surface area contributed by atoms with Gasteiger partial charge < -0.3 is 0 Å². The summed E-state index contributed by atoms with van der Waals surface area (Å²) in [5.74, 6) is -1.17. The van der Waals surface area contributed by atoms with E-state index in [1.165, 1.54) is 19.1 Å². The number of benzene rings is 3. The maximum Gasteiger partial charge on any atom is 0.206 e. The average molecular weight is 408 g/mol. The molecule has 0 aromatic heterocycles. The highest BCUT2D eigenvalue weighted by Gasteiger charge is 2.24. The van der Waals surface area contributed by atoms with Crippen LogP contribution in [0.25, 0.3) is 0 Å². The Bertz CT molecular complexity index is 1200. The van der Waals surface area contributed by atoms with Crippen LogP contribution in [0.4, 0.5) is 8.78 Å². The largest absolute Gasteiger partial charge is 0.219 e. The first-order chi connectivity index (χ1) is 12.6. The molecule has 0 atom stereocenters. The normalized spacial score (nSPS) is 12.1. The maximum absolute atomic E-state index is 13.1. The number of rotatable bonds is 4. The van der Waals surface area contributed by atoms with Gasteiger partial charge in [0.2, 0.25) is 19.7 Å². The van der Waals surface area contributed by atoms with Crippen LogP contribution in [0.2, 0.25) is 0 Å². The summed E-state index contributed by atoms with van der Waals surface area (Å²) in [6.45, 7) is 1.53. The number of hydrogen-bond donors (Lipinski definition) is 0. The van der Waals surface area contributed by atoms with E-state index in [-0.39, 0.29) is 19.6 Å². The predicted octanol–water partition coefficient (Wildman–Crippen LogP) is 3.94. The number of hydrogen-bond acceptors (Lipinski definition) is 4. The number of aryl methyl sites for hydroxylation is 1. The molecule has 4 nitrogen and oxygen atoms in total. The molecule has 0 aliphatic heterocycles. The van der Waals surface area contributed by atoms with Gasteiger partial charge in [0.05, 0.1) is 19.6 Å². The lowest BCUT2D eigenvalue weighted by molar-refractivity contribution is 0.592. The van der Waals surface area contributed by atoms with Crippen molar-refractivity contribution in [1.29, 1.82) is 0 Å². The summed E-state index contributed by atoms with van der Waals surface area (Å²) >= 11 is 0. The molecule has 0 spiro atoms. The molecule has 0 N–H and O–H groups in total. The van der Waals surface area contributed by atoms with Gasteiger partial charge in [-0.15, -0.1) is 0 Å². The summed E-state index contributed by atoms with van der Waals surface area (Å²) in [5, 5.41) is 0. The van der Waals surface area contributed by atoms with Crippen LogP contribution >= 0.6 is 0 Å². The molecular formula is C19H14F2O4S2. The Hall–Kier alpha value is -2.58. The van der Waals surface area contributed by atoms with Gasteiger partial charge in [-0.3, -0.25) is 0 Å². The molecule has 0 bridgehead atoms. The van der Waals surface area contributed by atoms with Crippen LogP contribution < -0.4 is 0 Å². The minimum absolute atomic E-state index is 0.150. The SMILES string of the molecule is Cc1ccc(S(=O)(=O)c2ccc(F)cc2)cc1S(=O)(=O)c1ccc(F)cc1. The Labute approximate surface area is 155 Å². The summed E-state index contributed by atoms with van der Waals surface area (Å²) < 4.78 is 77.4. The van der Waals surface area contributed by atoms with Crippen molar-refractivity contribution >= 4 is 19.7 Å². The van der Waals surface area contributed by atoms with Crippen LogP contribution in [-0.4, -0.2) is 16.8 Å². The molecule has 0 heterocycles. The van der Waals surface area contributed by atoms with E-state index in [2.05, 4.69) is 0 Å². The van der Waals surface area contributed by atoms with Crippen molar-refractivity contribution in [3.05, 3.63) is 83.9 Å². The summed E-state index contributed by atoms with van der Waals surface area (Å²) in [4.78, 5) is -0.737. The van der Waals surface area contributed by atoms with Gasteiger partial charge in [0.1, 0.15) is 11.6 Å². The van der Waals surface area contributed by atoms with Crippen LogP contribution in [0.1, 0.15) is 5.56 Å². The Morgan fingerprint density at radius 3 is 1.48 bits per heavy atom. The first-order valence-corrected chi connectivity index (χ1v) is 10.7. The quantitative estimate of drug-likeness (QED) is 0.614. The van der Waals surface area contributed by atoms with Gasteiger partial charge in [-0.1, -0.05) is 6.07 Å². The fraction of sp³-hybridized carbons (Fsp3) is 0.0526. The molecule has 0 fully saturated rings. The van der Waals surface area contributed by atoms with E-state index < -0.39 is 31.3 Å². The molecule has 27 heavy (non-hydrogen) atoms. The fourth-order valence-electron chi connectivity index (χ4n) is 2.53. The van der Waals surface area contributed by atoms with Crippen molar-refractivity contribution in [2.45, 2.75) is 26.5 Å². The zero-order valence-electron chi connectivity index (χ0n) is 14.1. The molecule has 0 radical (unpaired) electrons. The van der Waals surface area contributed by atoms with Gasteiger partial charge in [-0.05, 0) is 73.2 Å². The Morgan fingerprint density at radius 2 is 1.00 bits per heavy atom. The lowest BCUT2D eigenvalue weighted by atomic mass is 10.2. The summed E-state index contributed by atoms with van der Waals surface area (Å²) in [6, 6.07) is 12.2. The molecule has 0 unspecified atom stereocenters. The standard InChI is InChI=1S/C19H14F2O4S2/c1-13-2-7-18(26(22,23)16-8-3-14(20)4-9-16)12-19(13)27(24,25)17-10-5-15(21)6-11-17/h2-12H,1H3. The van der Waals surface area contributed by atoms with Crippen molar-refractivity contribution in [2.75, 3.05) is 0 Å². The molecule has 3 aromatic carbocycles. The van der Waals surface area contributed by atoms with Crippen LogP contribution in [0.3, 0.4) is 0 Å². The number of halogens is 2. The van der Waals surface area contributed by atoms with Crippen molar-refractivity contribution in [1.82, 2.24) is 0 Å². The zero-order valence-corrected chi connectivity index (χ0v) is 15.7. The second-order valence-electron chi connectivity index (χ2n) is 5.84. The van der Waals surface area contributed by atoms with E-state index in [4.69, 9.17) is 0 Å². The summed E-state index contributed by atoms with van der Waals surface area (Å²) in [7, 11) is -8.08. The average Bonchev–Trinajstić information content (AvgIpc) is 2.62. The smallest absolute Gasteiger partial charge is 0.206 e. The first kappa shape index (κ1) is 19.2. The summed E-state index contributed by atoms with van der Waals surface area (Å²) in [5.41, 5.74) is 0.345. The highest BCUT2D eigenvalue weighted by Crippen LogP contribution is 2.29. The van der Waals surface area contributed by atoms with Gasteiger partial charge in [0, 0.05) is 0 Å². The van der Waals surface area contributed by atoms with Crippen LogP contribution in [0, 0.1) is 18.6 Å². The molecule has 0 aliphatic carbocycles. The molecule has 0 aliphatic rings. The van der Waals surface area contributed by atoms with E-state index in [0.717, 1.165) is 54.6 Å². The minimum atomic E-state index is -4.05. The lowest BCUT2D eigenvalue weighted by Crippen LogP contribution is -2.08. The van der Waals surface area contributed by atoms with E-state index in [1.54, 1.807) is 0 Å². The van der Waals surface area contributed by atoms with E-state index >= 15 is 0 Å². The Kier molecular flexibility index (Phi) is 4.88.